The molecule has 4 rings (SSSR count). The third-order valence-electron chi connectivity index (χ3n) is 4.39. The van der Waals surface area contributed by atoms with Gasteiger partial charge in [0.1, 0.15) is 11.5 Å². The first-order valence-corrected chi connectivity index (χ1v) is 9.18. The van der Waals surface area contributed by atoms with E-state index in [0.29, 0.717) is 31.0 Å². The van der Waals surface area contributed by atoms with Gasteiger partial charge >= 0.3 is 0 Å². The van der Waals surface area contributed by atoms with Crippen molar-refractivity contribution in [3.63, 3.8) is 0 Å². The van der Waals surface area contributed by atoms with Crippen molar-refractivity contribution in [3.8, 4) is 0 Å². The summed E-state index contributed by atoms with van der Waals surface area (Å²) in [6.07, 6.45) is 0.904. The van der Waals surface area contributed by atoms with Gasteiger partial charge in [0.15, 0.2) is 11.6 Å². The molecule has 2 aromatic rings. The zero-order chi connectivity index (χ0) is 18.1. The molecule has 1 saturated heterocycles. The van der Waals surface area contributed by atoms with E-state index in [9.17, 15) is 13.2 Å². The number of anilines is 3. The van der Waals surface area contributed by atoms with Crippen LogP contribution in [0.5, 0.6) is 0 Å². The maximum absolute atomic E-state index is 14.3. The number of para-hydroxylation sites is 2. The maximum Gasteiger partial charge on any atom is 0.153 e. The van der Waals surface area contributed by atoms with Crippen LogP contribution in [0.15, 0.2) is 36.4 Å². The van der Waals surface area contributed by atoms with Gasteiger partial charge in [0.05, 0.1) is 36.2 Å². The van der Waals surface area contributed by atoms with Crippen molar-refractivity contribution in [2.24, 2.45) is 0 Å². The van der Waals surface area contributed by atoms with Crippen molar-refractivity contribution >= 4 is 29.2 Å². The molecule has 0 aromatic heterocycles. The van der Waals surface area contributed by atoms with Crippen molar-refractivity contribution in [3.05, 3.63) is 53.8 Å². The Kier molecular flexibility index (Phi) is 4.97. The van der Waals surface area contributed by atoms with E-state index in [-0.39, 0.29) is 11.8 Å². The lowest BCUT2D eigenvalue weighted by Gasteiger charge is -2.26. The number of ether oxygens (including phenoxy) is 1. The maximum atomic E-state index is 14.3. The normalized spacial score (nSPS) is 19.7. The lowest BCUT2D eigenvalue weighted by molar-refractivity contribution is 0.0254. The molecule has 2 aromatic carbocycles. The molecule has 2 aliphatic rings. The van der Waals surface area contributed by atoms with E-state index in [1.54, 1.807) is 6.07 Å². The minimum absolute atomic E-state index is 0.116. The highest BCUT2D eigenvalue weighted by molar-refractivity contribution is 8.02. The summed E-state index contributed by atoms with van der Waals surface area (Å²) in [4.78, 5) is 0. The second kappa shape index (κ2) is 7.38. The van der Waals surface area contributed by atoms with Crippen molar-refractivity contribution in [1.29, 1.82) is 0 Å². The molecule has 0 saturated carbocycles. The van der Waals surface area contributed by atoms with E-state index in [4.69, 9.17) is 4.74 Å². The lowest BCUT2D eigenvalue weighted by atomic mass is 10.2. The van der Waals surface area contributed by atoms with Gasteiger partial charge in [-0.1, -0.05) is 12.1 Å². The summed E-state index contributed by atoms with van der Waals surface area (Å²) >= 11 is 1.20. The fourth-order valence-corrected chi connectivity index (χ4v) is 4.28. The van der Waals surface area contributed by atoms with Crippen LogP contribution in [0, 0.1) is 17.5 Å². The van der Waals surface area contributed by atoms with Gasteiger partial charge in [0, 0.05) is 31.8 Å². The number of nitrogens with zero attached hydrogens (tertiary/aromatic N) is 2. The molecule has 1 fully saturated rings. The fraction of sp³-hybridized carbons (Fsp3) is 0.333. The highest BCUT2D eigenvalue weighted by Crippen LogP contribution is 2.50. The number of hydrogen-bond donors (Lipinski definition) is 1. The Morgan fingerprint density at radius 3 is 2.54 bits per heavy atom. The third kappa shape index (κ3) is 3.36. The number of benzene rings is 2. The summed E-state index contributed by atoms with van der Waals surface area (Å²) < 4.78 is 51.0. The van der Waals surface area contributed by atoms with Crippen LogP contribution in [0.1, 0.15) is 6.42 Å². The minimum Gasteiger partial charge on any atom is -0.376 e. The van der Waals surface area contributed by atoms with Crippen LogP contribution in [0.4, 0.5) is 30.2 Å². The van der Waals surface area contributed by atoms with Crippen LogP contribution < -0.4 is 13.9 Å². The van der Waals surface area contributed by atoms with Gasteiger partial charge < -0.3 is 10.1 Å². The van der Waals surface area contributed by atoms with E-state index in [2.05, 4.69) is 5.32 Å². The molecule has 0 aliphatic carbocycles. The summed E-state index contributed by atoms with van der Waals surface area (Å²) in [5.74, 6) is -2.78. The molecule has 0 amide bonds. The Hall–Kier alpha value is -1.90. The molecular formula is C18H18F3N3OS. The molecular weight excluding hydrogens is 363 g/mol. The van der Waals surface area contributed by atoms with E-state index in [1.165, 1.54) is 16.4 Å². The van der Waals surface area contributed by atoms with E-state index < -0.39 is 17.5 Å². The number of halogens is 3. The molecule has 1 N–H and O–H groups in total. The van der Waals surface area contributed by atoms with Crippen molar-refractivity contribution in [2.45, 2.75) is 12.5 Å². The monoisotopic (exact) mass is 381 g/mol. The molecule has 0 spiro atoms. The lowest BCUT2D eigenvalue weighted by Crippen LogP contribution is -2.39. The molecule has 2 heterocycles. The largest absolute Gasteiger partial charge is 0.376 e. The molecule has 0 unspecified atom stereocenters. The highest BCUT2D eigenvalue weighted by atomic mass is 32.2. The highest BCUT2D eigenvalue weighted by Gasteiger charge is 2.32. The first-order valence-electron chi connectivity index (χ1n) is 8.45. The summed E-state index contributed by atoms with van der Waals surface area (Å²) in [7, 11) is 0. The van der Waals surface area contributed by atoms with Crippen molar-refractivity contribution in [1.82, 2.24) is 5.32 Å². The van der Waals surface area contributed by atoms with E-state index >= 15 is 0 Å². The Morgan fingerprint density at radius 1 is 1.12 bits per heavy atom. The molecule has 26 heavy (non-hydrogen) atoms. The average Bonchev–Trinajstić information content (AvgIpc) is 2.99. The number of hydrogen-bond acceptors (Lipinski definition) is 5. The number of rotatable bonds is 4. The zero-order valence-corrected chi connectivity index (χ0v) is 14.7. The van der Waals surface area contributed by atoms with Gasteiger partial charge in [-0.2, -0.15) is 0 Å². The Bertz CT molecular complexity index is 778. The molecule has 4 nitrogen and oxygen atoms in total. The average molecular weight is 381 g/mol. The first kappa shape index (κ1) is 17.5. The van der Waals surface area contributed by atoms with Crippen molar-refractivity contribution < 1.29 is 17.9 Å². The summed E-state index contributed by atoms with van der Waals surface area (Å²) in [5, 5.41) is 3.29. The zero-order valence-electron chi connectivity index (χ0n) is 13.9. The van der Waals surface area contributed by atoms with Gasteiger partial charge in [0.25, 0.3) is 0 Å². The second-order valence-electron chi connectivity index (χ2n) is 6.17. The van der Waals surface area contributed by atoms with Crippen molar-refractivity contribution in [2.75, 3.05) is 34.9 Å². The number of nitrogens with one attached hydrogen (secondary N) is 1. The van der Waals surface area contributed by atoms with Crippen LogP contribution in [0.3, 0.4) is 0 Å². The number of fused-ring (bicyclic) bond motifs is 1. The van der Waals surface area contributed by atoms with E-state index in [1.807, 2.05) is 22.5 Å². The molecule has 1 atom stereocenters. The predicted octanol–water partition coefficient (Wildman–Crippen LogP) is 4.00. The minimum atomic E-state index is -0.931. The van der Waals surface area contributed by atoms with Gasteiger partial charge in [-0.15, -0.1) is 0 Å². The van der Waals surface area contributed by atoms with Crippen LogP contribution >= 0.6 is 12.1 Å². The SMILES string of the molecule is Fc1cc(F)c(N2SN(CC[C@@H]3CNCCO3)c3ccccc32)c(F)c1. The third-order valence-corrected chi connectivity index (χ3v) is 5.51. The van der Waals surface area contributed by atoms with Crippen LogP contribution in [-0.4, -0.2) is 32.3 Å². The molecule has 0 bridgehead atoms. The fourth-order valence-electron chi connectivity index (χ4n) is 3.15. The molecule has 138 valence electrons. The molecule has 0 radical (unpaired) electrons. The van der Waals surface area contributed by atoms with Gasteiger partial charge in [-0.25, -0.2) is 13.2 Å². The number of morpholine rings is 1. The van der Waals surface area contributed by atoms with E-state index in [0.717, 1.165) is 25.2 Å². The van der Waals surface area contributed by atoms with Gasteiger partial charge in [0.2, 0.25) is 0 Å². The topological polar surface area (TPSA) is 27.7 Å². The predicted molar refractivity (Wildman–Crippen MR) is 97.1 cm³/mol. The van der Waals surface area contributed by atoms with Gasteiger partial charge in [-0.05, 0) is 18.6 Å². The van der Waals surface area contributed by atoms with Crippen LogP contribution in [-0.2, 0) is 4.74 Å². The molecule has 8 heteroatoms. The van der Waals surface area contributed by atoms with Crippen LogP contribution in [0.2, 0.25) is 0 Å². The molecule has 2 aliphatic heterocycles. The standard InChI is InChI=1S/C18H18F3N3OS/c19-12-9-14(20)18(15(21)10-12)24-17-4-2-1-3-16(17)23(26-24)7-5-13-11-22-6-8-25-13/h1-4,9-10,13,22H,5-8,11H2/t13-/m1/s1. The second-order valence-corrected chi connectivity index (χ2v) is 7.14. The smallest absolute Gasteiger partial charge is 0.153 e. The Balaban J connectivity index is 1.58. The Morgan fingerprint density at radius 2 is 1.85 bits per heavy atom. The Labute approximate surface area is 154 Å². The van der Waals surface area contributed by atoms with Gasteiger partial charge in [-0.3, -0.25) is 8.61 Å². The summed E-state index contributed by atoms with van der Waals surface area (Å²) in [6, 6.07) is 8.79. The van der Waals surface area contributed by atoms with Crippen LogP contribution in [0.25, 0.3) is 0 Å². The quantitative estimate of drug-likeness (QED) is 0.808. The summed E-state index contributed by atoms with van der Waals surface area (Å²) in [5.41, 5.74) is 1.27. The summed E-state index contributed by atoms with van der Waals surface area (Å²) in [6.45, 7) is 3.00. The first-order chi connectivity index (χ1) is 12.6.